The van der Waals surface area contributed by atoms with Gasteiger partial charge in [-0.2, -0.15) is 0 Å². The highest BCUT2D eigenvalue weighted by atomic mass is 15.2. The second-order valence-corrected chi connectivity index (χ2v) is 3.18. The van der Waals surface area contributed by atoms with E-state index in [1.54, 1.807) is 0 Å². The third kappa shape index (κ3) is 22.5. The van der Waals surface area contributed by atoms with Gasteiger partial charge in [0.2, 0.25) is 0 Å². The number of hydrogen-bond donors (Lipinski definition) is 2. The van der Waals surface area contributed by atoms with Crippen LogP contribution in [0.25, 0.3) is 0 Å². The molecule has 0 radical (unpaired) electrons. The van der Waals surface area contributed by atoms with Crippen molar-refractivity contribution in [3.8, 4) is 0 Å². The summed E-state index contributed by atoms with van der Waals surface area (Å²) in [4.78, 5) is 4.14. The monoisotopic (exact) mass is 176 g/mol. The van der Waals surface area contributed by atoms with Gasteiger partial charge < -0.3 is 10.6 Å². The average molecular weight is 176 g/mol. The maximum Gasteiger partial charge on any atom is 0.0472 e. The average Bonchev–Trinajstić information content (AvgIpc) is 1.87. The van der Waals surface area contributed by atoms with Gasteiger partial charge in [-0.3, -0.25) is 9.80 Å². The molecule has 0 atom stereocenters. The molecule has 0 rings (SSSR count). The molecule has 0 aromatic rings. The first-order valence-corrected chi connectivity index (χ1v) is 4.13. The van der Waals surface area contributed by atoms with Gasteiger partial charge in [0.05, 0.1) is 0 Å². The molecule has 0 heterocycles. The lowest BCUT2D eigenvalue weighted by Gasteiger charge is -2.05. The van der Waals surface area contributed by atoms with Crippen molar-refractivity contribution in [2.75, 3.05) is 55.6 Å². The topological polar surface area (TPSA) is 30.5 Å². The van der Waals surface area contributed by atoms with Gasteiger partial charge >= 0.3 is 0 Å². The fourth-order valence-electron chi connectivity index (χ4n) is 0.632. The van der Waals surface area contributed by atoms with E-state index in [0.29, 0.717) is 0 Å². The lowest BCUT2D eigenvalue weighted by atomic mass is 10.9. The van der Waals surface area contributed by atoms with E-state index in [1.165, 1.54) is 0 Å². The first kappa shape index (κ1) is 14.4. The van der Waals surface area contributed by atoms with E-state index < -0.39 is 0 Å². The van der Waals surface area contributed by atoms with Crippen LogP contribution in [0.4, 0.5) is 0 Å². The molecular weight excluding hydrogens is 152 g/mol. The third-order valence-electron chi connectivity index (χ3n) is 0.949. The molecule has 4 heteroatoms. The Balaban J connectivity index is 0. The Kier molecular flexibility index (Phi) is 13.0. The van der Waals surface area contributed by atoms with Crippen LogP contribution >= 0.6 is 0 Å². The molecule has 0 saturated heterocycles. The Labute approximate surface area is 76.9 Å². The van der Waals surface area contributed by atoms with Crippen molar-refractivity contribution in [1.29, 1.82) is 0 Å². The first-order chi connectivity index (χ1) is 5.54. The summed E-state index contributed by atoms with van der Waals surface area (Å²) in [6, 6.07) is 0. The third-order valence-corrected chi connectivity index (χ3v) is 0.949. The molecule has 4 nitrogen and oxygen atoms in total. The highest BCUT2D eigenvalue weighted by molar-refractivity contribution is 4.30. The minimum absolute atomic E-state index is 0.958. The zero-order valence-electron chi connectivity index (χ0n) is 9.31. The number of nitrogens with one attached hydrogen (secondary N) is 2. The second-order valence-electron chi connectivity index (χ2n) is 3.18. The van der Waals surface area contributed by atoms with E-state index in [-0.39, 0.29) is 0 Å². The number of nitrogens with zero attached hydrogens (tertiary/aromatic N) is 2. The van der Waals surface area contributed by atoms with Gasteiger partial charge in [-0.15, -0.1) is 0 Å². The van der Waals surface area contributed by atoms with Crippen LogP contribution in [-0.2, 0) is 0 Å². The first-order valence-electron chi connectivity index (χ1n) is 4.13. The Bertz CT molecular complexity index is 63.5. The van der Waals surface area contributed by atoms with Gasteiger partial charge in [0.1, 0.15) is 0 Å². The van der Waals surface area contributed by atoms with Gasteiger partial charge in [-0.25, -0.2) is 0 Å². The molecule has 0 unspecified atom stereocenters. The van der Waals surface area contributed by atoms with Gasteiger partial charge in [-0.05, 0) is 42.3 Å². The molecule has 2 N–H and O–H groups in total. The molecular formula is C8H24N4. The second kappa shape index (κ2) is 10.8. The smallest absolute Gasteiger partial charge is 0.0472 e. The van der Waals surface area contributed by atoms with Gasteiger partial charge in [0.15, 0.2) is 0 Å². The highest BCUT2D eigenvalue weighted by Crippen LogP contribution is 1.61. The van der Waals surface area contributed by atoms with E-state index >= 15 is 0 Å². The number of rotatable bonds is 4. The Morgan fingerprint density at radius 3 is 1.00 bits per heavy atom. The van der Waals surface area contributed by atoms with Crippen LogP contribution in [0, 0.1) is 0 Å². The fraction of sp³-hybridized carbons (Fsp3) is 1.00. The molecule has 0 aromatic carbocycles. The minimum Gasteiger partial charge on any atom is -0.307 e. The van der Waals surface area contributed by atoms with Crippen LogP contribution in [-0.4, -0.2) is 65.4 Å². The molecule has 0 amide bonds. The normalized spacial score (nSPS) is 10.0. The summed E-state index contributed by atoms with van der Waals surface area (Å²) in [6.07, 6.45) is 0. The Hall–Kier alpha value is -0.160. The zero-order valence-corrected chi connectivity index (χ0v) is 9.31. The number of hydrogen-bond acceptors (Lipinski definition) is 4. The van der Waals surface area contributed by atoms with Crippen LogP contribution in [0.2, 0.25) is 0 Å². The quantitative estimate of drug-likeness (QED) is 0.563. The zero-order chi connectivity index (χ0) is 9.98. The van der Waals surface area contributed by atoms with E-state index in [0.717, 1.165) is 13.3 Å². The molecule has 12 heavy (non-hydrogen) atoms. The Morgan fingerprint density at radius 1 is 0.750 bits per heavy atom. The van der Waals surface area contributed by atoms with E-state index in [9.17, 15) is 0 Å². The van der Waals surface area contributed by atoms with Crippen molar-refractivity contribution < 1.29 is 0 Å². The molecule has 0 aliphatic carbocycles. The van der Waals surface area contributed by atoms with E-state index in [1.807, 2.05) is 42.3 Å². The van der Waals surface area contributed by atoms with Gasteiger partial charge in [0, 0.05) is 13.3 Å². The van der Waals surface area contributed by atoms with Crippen molar-refractivity contribution in [3.05, 3.63) is 0 Å². The standard InChI is InChI=1S/2C4H12N2/c2*1-5-4-6(2)3/h2*5H,4H2,1-3H3. The fourth-order valence-corrected chi connectivity index (χ4v) is 0.632. The highest BCUT2D eigenvalue weighted by Gasteiger charge is 1.78. The maximum absolute atomic E-state index is 2.99. The van der Waals surface area contributed by atoms with Crippen molar-refractivity contribution in [2.24, 2.45) is 0 Å². The van der Waals surface area contributed by atoms with Crippen molar-refractivity contribution >= 4 is 0 Å². The van der Waals surface area contributed by atoms with Gasteiger partial charge in [0.25, 0.3) is 0 Å². The molecule has 0 saturated carbocycles. The molecule has 0 aliphatic rings. The van der Waals surface area contributed by atoms with E-state index in [4.69, 9.17) is 0 Å². The van der Waals surface area contributed by atoms with Crippen LogP contribution in [0.3, 0.4) is 0 Å². The molecule has 76 valence electrons. The summed E-state index contributed by atoms with van der Waals surface area (Å²) in [7, 11) is 12.0. The van der Waals surface area contributed by atoms with Crippen molar-refractivity contribution in [2.45, 2.75) is 0 Å². The van der Waals surface area contributed by atoms with Crippen LogP contribution in [0.1, 0.15) is 0 Å². The summed E-state index contributed by atoms with van der Waals surface area (Å²) in [5, 5.41) is 5.99. The lowest BCUT2D eigenvalue weighted by Crippen LogP contribution is -2.24. The molecule has 0 fully saturated rings. The minimum atomic E-state index is 0.958. The summed E-state index contributed by atoms with van der Waals surface area (Å²) >= 11 is 0. The molecule has 0 spiro atoms. The molecule has 0 bridgehead atoms. The summed E-state index contributed by atoms with van der Waals surface area (Å²) in [6.45, 7) is 1.92. The molecule has 0 aromatic heterocycles. The predicted molar refractivity (Wildman–Crippen MR) is 55.2 cm³/mol. The van der Waals surface area contributed by atoms with Crippen LogP contribution in [0.15, 0.2) is 0 Å². The predicted octanol–water partition coefficient (Wildman–Crippen LogP) is -0.550. The largest absolute Gasteiger partial charge is 0.307 e. The van der Waals surface area contributed by atoms with Crippen molar-refractivity contribution in [3.63, 3.8) is 0 Å². The van der Waals surface area contributed by atoms with Crippen LogP contribution in [0.5, 0.6) is 0 Å². The van der Waals surface area contributed by atoms with Gasteiger partial charge in [-0.1, -0.05) is 0 Å². The van der Waals surface area contributed by atoms with E-state index in [2.05, 4.69) is 20.4 Å². The summed E-state index contributed by atoms with van der Waals surface area (Å²) in [5.74, 6) is 0. The summed E-state index contributed by atoms with van der Waals surface area (Å²) < 4.78 is 0. The molecule has 0 aliphatic heterocycles. The van der Waals surface area contributed by atoms with Crippen LogP contribution < -0.4 is 10.6 Å². The SMILES string of the molecule is CNCN(C)C.CNCN(C)C. The van der Waals surface area contributed by atoms with Crippen molar-refractivity contribution in [1.82, 2.24) is 20.4 Å². The summed E-state index contributed by atoms with van der Waals surface area (Å²) in [5.41, 5.74) is 0. The Morgan fingerprint density at radius 2 is 1.00 bits per heavy atom. The maximum atomic E-state index is 2.99. The lowest BCUT2D eigenvalue weighted by molar-refractivity contribution is 0.385.